The molecule has 0 saturated heterocycles. The number of Topliss-reactive ketones (excluding diaryl/α,β-unsaturated/α-hetero) is 1. The largest absolute Gasteiger partial charge is 0.481 e. The first-order valence-electron chi connectivity index (χ1n) is 12.1. The van der Waals surface area contributed by atoms with Gasteiger partial charge < -0.3 is 10.4 Å². The number of pyridine rings is 1. The van der Waals surface area contributed by atoms with Crippen LogP contribution in [0.25, 0.3) is 22.3 Å². The smallest absolute Gasteiger partial charge is 0.416 e. The van der Waals surface area contributed by atoms with Crippen molar-refractivity contribution in [3.05, 3.63) is 108 Å². The highest BCUT2D eigenvalue weighted by atomic mass is 19.4. The van der Waals surface area contributed by atoms with Crippen molar-refractivity contribution in [1.29, 1.82) is 0 Å². The standard InChI is InChI=1S/C30H24F4N2O3/c31-24-4-1-3-20(15-24)19-8-12-25(13-9-19)35-17-21-7-11-23(30(32,33)34)16-26(21)22-10-14-27(36-18-22)28(37)5-2-6-29(38)39/h1,3-4,7-16,18,35H,2,5-6,17H2,(H,38,39). The van der Waals surface area contributed by atoms with E-state index in [1.165, 1.54) is 36.5 Å². The van der Waals surface area contributed by atoms with Crippen LogP contribution in [0.3, 0.4) is 0 Å². The highest BCUT2D eigenvalue weighted by Crippen LogP contribution is 2.34. The minimum atomic E-state index is -4.54. The molecule has 0 fully saturated rings. The van der Waals surface area contributed by atoms with E-state index in [1.807, 2.05) is 12.1 Å². The molecule has 2 N–H and O–H groups in total. The third kappa shape index (κ3) is 7.28. The Labute approximate surface area is 222 Å². The third-order valence-corrected chi connectivity index (χ3v) is 6.12. The Morgan fingerprint density at radius 3 is 2.23 bits per heavy atom. The number of carboxylic acid groups (broad SMARTS) is 1. The first-order valence-corrected chi connectivity index (χ1v) is 12.1. The van der Waals surface area contributed by atoms with Crippen molar-refractivity contribution in [3.8, 4) is 22.3 Å². The molecule has 1 heterocycles. The molecule has 0 radical (unpaired) electrons. The van der Waals surface area contributed by atoms with E-state index < -0.39 is 17.7 Å². The van der Waals surface area contributed by atoms with Crippen LogP contribution in [0.15, 0.2) is 85.1 Å². The molecule has 5 nitrogen and oxygen atoms in total. The first kappa shape index (κ1) is 27.5. The fourth-order valence-electron chi connectivity index (χ4n) is 4.07. The van der Waals surface area contributed by atoms with Gasteiger partial charge in [-0.05, 0) is 71.1 Å². The van der Waals surface area contributed by atoms with E-state index in [2.05, 4.69) is 10.3 Å². The summed E-state index contributed by atoms with van der Waals surface area (Å²) < 4.78 is 54.0. The minimum absolute atomic E-state index is 0.00930. The summed E-state index contributed by atoms with van der Waals surface area (Å²) in [6, 6.07) is 19.9. The average Bonchev–Trinajstić information content (AvgIpc) is 2.91. The van der Waals surface area contributed by atoms with Crippen LogP contribution in [0.5, 0.6) is 0 Å². The van der Waals surface area contributed by atoms with Crippen molar-refractivity contribution in [1.82, 2.24) is 4.98 Å². The summed E-state index contributed by atoms with van der Waals surface area (Å²) in [6.07, 6.45) is -3.16. The maximum absolute atomic E-state index is 13.5. The molecule has 0 bridgehead atoms. The van der Waals surface area contributed by atoms with Crippen molar-refractivity contribution < 1.29 is 32.3 Å². The van der Waals surface area contributed by atoms with Crippen LogP contribution in [0.1, 0.15) is 40.9 Å². The van der Waals surface area contributed by atoms with Gasteiger partial charge in [0.2, 0.25) is 0 Å². The summed E-state index contributed by atoms with van der Waals surface area (Å²) in [5, 5.41) is 11.9. The number of hydrogen-bond donors (Lipinski definition) is 2. The summed E-state index contributed by atoms with van der Waals surface area (Å²) in [5.41, 5.74) is 2.87. The molecule has 9 heteroatoms. The lowest BCUT2D eigenvalue weighted by Crippen LogP contribution is -2.08. The van der Waals surface area contributed by atoms with Gasteiger partial charge in [0.15, 0.2) is 5.78 Å². The lowest BCUT2D eigenvalue weighted by atomic mass is 9.97. The molecule has 0 amide bonds. The molecule has 0 aliphatic heterocycles. The molecule has 1 aromatic heterocycles. The Kier molecular flexibility index (Phi) is 8.39. The number of hydrogen-bond acceptors (Lipinski definition) is 4. The number of anilines is 1. The van der Waals surface area contributed by atoms with E-state index >= 15 is 0 Å². The van der Waals surface area contributed by atoms with Crippen molar-refractivity contribution in [3.63, 3.8) is 0 Å². The van der Waals surface area contributed by atoms with Crippen molar-refractivity contribution in [2.24, 2.45) is 0 Å². The normalized spacial score (nSPS) is 11.3. The number of aromatic nitrogens is 1. The van der Waals surface area contributed by atoms with Crippen LogP contribution in [0, 0.1) is 5.82 Å². The van der Waals surface area contributed by atoms with Gasteiger partial charge in [-0.2, -0.15) is 13.2 Å². The zero-order chi connectivity index (χ0) is 28.0. The lowest BCUT2D eigenvalue weighted by molar-refractivity contribution is -0.138. The molecule has 0 unspecified atom stereocenters. The predicted octanol–water partition coefficient (Wildman–Crippen LogP) is 7.62. The third-order valence-electron chi connectivity index (χ3n) is 6.12. The van der Waals surface area contributed by atoms with Crippen molar-refractivity contribution in [2.75, 3.05) is 5.32 Å². The molecule has 39 heavy (non-hydrogen) atoms. The Hall–Kier alpha value is -4.53. The monoisotopic (exact) mass is 536 g/mol. The van der Waals surface area contributed by atoms with Gasteiger partial charge in [0.1, 0.15) is 11.5 Å². The molecule has 0 aliphatic rings. The molecule has 4 rings (SSSR count). The van der Waals surface area contributed by atoms with Crippen LogP contribution < -0.4 is 5.32 Å². The van der Waals surface area contributed by atoms with E-state index in [0.29, 0.717) is 16.7 Å². The Bertz CT molecular complexity index is 1470. The first-order chi connectivity index (χ1) is 18.6. The number of nitrogens with one attached hydrogen (secondary N) is 1. The molecule has 4 aromatic rings. The molecule has 0 atom stereocenters. The fraction of sp³-hybridized carbons (Fsp3) is 0.167. The number of halogens is 4. The molecule has 3 aromatic carbocycles. The maximum Gasteiger partial charge on any atom is 0.416 e. The van der Waals surface area contributed by atoms with E-state index in [4.69, 9.17) is 5.11 Å². The number of carbonyl (C=O) groups excluding carboxylic acids is 1. The van der Waals surface area contributed by atoms with E-state index in [9.17, 15) is 27.2 Å². The number of carbonyl (C=O) groups is 2. The van der Waals surface area contributed by atoms with Crippen LogP contribution in [-0.4, -0.2) is 21.8 Å². The molecule has 0 spiro atoms. The number of nitrogens with zero attached hydrogens (tertiary/aromatic N) is 1. The quantitative estimate of drug-likeness (QED) is 0.161. The van der Waals surface area contributed by atoms with Crippen LogP contribution >= 0.6 is 0 Å². The SMILES string of the molecule is O=C(O)CCCC(=O)c1ccc(-c2cc(C(F)(F)F)ccc2CNc2ccc(-c3cccc(F)c3)cc2)cn1. The summed E-state index contributed by atoms with van der Waals surface area (Å²) in [4.78, 5) is 27.1. The fourth-order valence-corrected chi connectivity index (χ4v) is 4.07. The zero-order valence-corrected chi connectivity index (χ0v) is 20.6. The number of benzene rings is 3. The zero-order valence-electron chi connectivity index (χ0n) is 20.6. The molecule has 0 aliphatic carbocycles. The number of rotatable bonds is 10. The highest BCUT2D eigenvalue weighted by molar-refractivity contribution is 5.94. The Morgan fingerprint density at radius 1 is 0.846 bits per heavy atom. The maximum atomic E-state index is 13.5. The van der Waals surface area contributed by atoms with Crippen molar-refractivity contribution >= 4 is 17.4 Å². The van der Waals surface area contributed by atoms with Gasteiger partial charge in [0.05, 0.1) is 5.56 Å². The number of alkyl halides is 3. The topological polar surface area (TPSA) is 79.3 Å². The number of carboxylic acids is 1. The summed E-state index contributed by atoms with van der Waals surface area (Å²) in [7, 11) is 0. The summed E-state index contributed by atoms with van der Waals surface area (Å²) in [5.74, 6) is -1.68. The van der Waals surface area contributed by atoms with Gasteiger partial charge >= 0.3 is 12.1 Å². The highest BCUT2D eigenvalue weighted by Gasteiger charge is 2.31. The summed E-state index contributed by atoms with van der Waals surface area (Å²) >= 11 is 0. The Balaban J connectivity index is 1.53. The second-order valence-corrected chi connectivity index (χ2v) is 8.91. The lowest BCUT2D eigenvalue weighted by Gasteiger charge is -2.15. The van der Waals surface area contributed by atoms with E-state index in [1.54, 1.807) is 24.3 Å². The second kappa shape index (κ2) is 11.9. The molecule has 200 valence electrons. The van der Waals surface area contributed by atoms with Crippen LogP contribution in [-0.2, 0) is 17.5 Å². The van der Waals surface area contributed by atoms with Crippen LogP contribution in [0.4, 0.5) is 23.2 Å². The van der Waals surface area contributed by atoms with Crippen LogP contribution in [0.2, 0.25) is 0 Å². The number of aliphatic carboxylic acids is 1. The van der Waals surface area contributed by atoms with Gasteiger partial charge in [-0.25, -0.2) is 4.39 Å². The van der Waals surface area contributed by atoms with Gasteiger partial charge in [-0.1, -0.05) is 36.4 Å². The van der Waals surface area contributed by atoms with Crippen molar-refractivity contribution in [2.45, 2.75) is 32.0 Å². The molecule has 0 saturated carbocycles. The van der Waals surface area contributed by atoms with E-state index in [0.717, 1.165) is 28.9 Å². The second-order valence-electron chi connectivity index (χ2n) is 8.91. The van der Waals surface area contributed by atoms with Gasteiger partial charge in [0.25, 0.3) is 0 Å². The van der Waals surface area contributed by atoms with Gasteiger partial charge in [0, 0.05) is 36.8 Å². The predicted molar refractivity (Wildman–Crippen MR) is 140 cm³/mol. The number of ketones is 1. The molecular formula is C30H24F4N2O3. The van der Waals surface area contributed by atoms with Gasteiger partial charge in [-0.3, -0.25) is 14.6 Å². The Morgan fingerprint density at radius 2 is 1.59 bits per heavy atom. The van der Waals surface area contributed by atoms with E-state index in [-0.39, 0.29) is 43.1 Å². The average molecular weight is 537 g/mol. The molecular weight excluding hydrogens is 512 g/mol. The minimum Gasteiger partial charge on any atom is -0.481 e. The summed E-state index contributed by atoms with van der Waals surface area (Å²) in [6.45, 7) is 0.211. The van der Waals surface area contributed by atoms with Gasteiger partial charge in [-0.15, -0.1) is 0 Å².